The van der Waals surface area contributed by atoms with Crippen molar-refractivity contribution in [3.8, 4) is 0 Å². The van der Waals surface area contributed by atoms with Gasteiger partial charge in [0.1, 0.15) is 6.61 Å². The Hall–Kier alpha value is -0.560. The van der Waals surface area contributed by atoms with Gasteiger partial charge >= 0.3 is 6.92 Å². The number of hydrogen-bond acceptors (Lipinski definition) is 2. The summed E-state index contributed by atoms with van der Waals surface area (Å²) >= 11 is 5.23. The molecule has 1 atom stereocenters. The molecular formula is C10H12OPS+. The molecule has 0 amide bonds. The standard InChI is InChI=1S/C10H12OPS/c1-2-3-9-11-12(13)10-7-5-4-6-8-10/h2,4-8H,1,3,9H2/q+1. The van der Waals surface area contributed by atoms with Crippen LogP contribution < -0.4 is 5.30 Å². The van der Waals surface area contributed by atoms with E-state index in [1.807, 2.05) is 36.4 Å². The molecule has 0 fully saturated rings. The molecule has 0 radical (unpaired) electrons. The minimum Gasteiger partial charge on any atom is -0.164 e. The highest BCUT2D eigenvalue weighted by molar-refractivity contribution is 8.06. The van der Waals surface area contributed by atoms with Gasteiger partial charge in [-0.1, -0.05) is 24.3 Å². The van der Waals surface area contributed by atoms with E-state index in [0.29, 0.717) is 6.61 Å². The summed E-state index contributed by atoms with van der Waals surface area (Å²) in [7, 11) is 0. The summed E-state index contributed by atoms with van der Waals surface area (Å²) in [6, 6.07) is 9.95. The molecule has 0 aliphatic heterocycles. The second kappa shape index (κ2) is 5.98. The van der Waals surface area contributed by atoms with Crippen LogP contribution in [0.5, 0.6) is 0 Å². The third-order valence-electron chi connectivity index (χ3n) is 1.50. The van der Waals surface area contributed by atoms with Crippen LogP contribution in [0.2, 0.25) is 0 Å². The van der Waals surface area contributed by atoms with Gasteiger partial charge in [0.2, 0.25) is 11.8 Å². The molecule has 0 aliphatic rings. The van der Waals surface area contributed by atoms with Crippen molar-refractivity contribution < 1.29 is 4.52 Å². The zero-order valence-electron chi connectivity index (χ0n) is 7.35. The van der Waals surface area contributed by atoms with Crippen molar-refractivity contribution in [3.05, 3.63) is 43.0 Å². The third-order valence-corrected chi connectivity index (χ3v) is 3.58. The molecular weight excluding hydrogens is 199 g/mol. The number of benzene rings is 1. The van der Waals surface area contributed by atoms with Gasteiger partial charge in [-0.25, -0.2) is 0 Å². The van der Waals surface area contributed by atoms with Crippen molar-refractivity contribution in [2.45, 2.75) is 6.42 Å². The Bertz CT molecular complexity index is 284. The molecule has 0 N–H and O–H groups in total. The van der Waals surface area contributed by atoms with E-state index in [4.69, 9.17) is 16.3 Å². The van der Waals surface area contributed by atoms with Gasteiger partial charge in [-0.3, -0.25) is 0 Å². The quantitative estimate of drug-likeness (QED) is 0.421. The van der Waals surface area contributed by atoms with Crippen LogP contribution in [0.15, 0.2) is 43.0 Å². The smallest absolute Gasteiger partial charge is 0.164 e. The van der Waals surface area contributed by atoms with Crippen LogP contribution in [0.4, 0.5) is 0 Å². The molecule has 0 saturated heterocycles. The van der Waals surface area contributed by atoms with Crippen LogP contribution in [0.3, 0.4) is 0 Å². The Kier molecular flexibility index (Phi) is 4.84. The van der Waals surface area contributed by atoms with E-state index < -0.39 is 6.92 Å². The Balaban J connectivity index is 2.45. The molecule has 0 spiro atoms. The van der Waals surface area contributed by atoms with Gasteiger partial charge in [-0.2, -0.15) is 4.52 Å². The Morgan fingerprint density at radius 2 is 2.08 bits per heavy atom. The van der Waals surface area contributed by atoms with Crippen LogP contribution >= 0.6 is 6.92 Å². The molecule has 1 rings (SSSR count). The van der Waals surface area contributed by atoms with Crippen molar-refractivity contribution >= 4 is 24.0 Å². The predicted octanol–water partition coefficient (Wildman–Crippen LogP) is 2.76. The van der Waals surface area contributed by atoms with E-state index in [2.05, 4.69) is 6.58 Å². The van der Waals surface area contributed by atoms with Crippen molar-refractivity contribution in [1.29, 1.82) is 0 Å². The van der Waals surface area contributed by atoms with Crippen LogP contribution in [0.25, 0.3) is 0 Å². The van der Waals surface area contributed by atoms with Gasteiger partial charge in [-0.15, -0.1) is 6.58 Å². The van der Waals surface area contributed by atoms with E-state index in [1.165, 1.54) is 0 Å². The van der Waals surface area contributed by atoms with E-state index in [9.17, 15) is 0 Å². The monoisotopic (exact) mass is 211 g/mol. The molecule has 1 nitrogen and oxygen atoms in total. The first-order valence-electron chi connectivity index (χ1n) is 4.10. The highest BCUT2D eigenvalue weighted by atomic mass is 32.4. The molecule has 1 aromatic rings. The average molecular weight is 211 g/mol. The lowest BCUT2D eigenvalue weighted by Crippen LogP contribution is -1.97. The van der Waals surface area contributed by atoms with Gasteiger partial charge in [-0.05, 0) is 18.6 Å². The summed E-state index contributed by atoms with van der Waals surface area (Å²) in [5.74, 6) is 0. The maximum absolute atomic E-state index is 5.48. The van der Waals surface area contributed by atoms with Crippen molar-refractivity contribution in [3.63, 3.8) is 0 Å². The summed E-state index contributed by atoms with van der Waals surface area (Å²) in [5, 5.41) is 1.11. The fourth-order valence-corrected chi connectivity index (χ4v) is 2.27. The second-order valence-corrected chi connectivity index (χ2v) is 4.79. The zero-order valence-corrected chi connectivity index (χ0v) is 9.06. The summed E-state index contributed by atoms with van der Waals surface area (Å²) in [6.45, 7) is 3.45. The fourth-order valence-electron chi connectivity index (χ4n) is 0.843. The topological polar surface area (TPSA) is 9.23 Å². The van der Waals surface area contributed by atoms with Crippen LogP contribution in [-0.2, 0) is 16.3 Å². The highest BCUT2D eigenvalue weighted by Crippen LogP contribution is 2.21. The van der Waals surface area contributed by atoms with E-state index in [0.717, 1.165) is 11.7 Å². The van der Waals surface area contributed by atoms with Crippen LogP contribution in [0.1, 0.15) is 6.42 Å². The molecule has 1 unspecified atom stereocenters. The van der Waals surface area contributed by atoms with Gasteiger partial charge in [0.05, 0.1) is 0 Å². The van der Waals surface area contributed by atoms with Gasteiger partial charge in [0.15, 0.2) is 5.30 Å². The molecule has 0 aliphatic carbocycles. The van der Waals surface area contributed by atoms with Crippen LogP contribution in [-0.4, -0.2) is 6.61 Å². The minimum atomic E-state index is -0.852. The van der Waals surface area contributed by atoms with Crippen molar-refractivity contribution in [2.24, 2.45) is 0 Å². The molecule has 0 bridgehead atoms. The fraction of sp³-hybridized carbons (Fsp3) is 0.200. The summed E-state index contributed by atoms with van der Waals surface area (Å²) in [5.41, 5.74) is 0. The Labute approximate surface area is 84.9 Å². The van der Waals surface area contributed by atoms with E-state index in [-0.39, 0.29) is 0 Å². The van der Waals surface area contributed by atoms with Crippen LogP contribution in [0, 0.1) is 0 Å². The molecule has 68 valence electrons. The maximum Gasteiger partial charge on any atom is 0.377 e. The first-order valence-corrected chi connectivity index (χ1v) is 6.38. The largest absolute Gasteiger partial charge is 0.377 e. The third kappa shape index (κ3) is 3.77. The molecule has 0 saturated carbocycles. The molecule has 0 aromatic heterocycles. The second-order valence-electron chi connectivity index (χ2n) is 2.50. The maximum atomic E-state index is 5.48. The van der Waals surface area contributed by atoms with Crippen molar-refractivity contribution in [1.82, 2.24) is 0 Å². The lowest BCUT2D eigenvalue weighted by molar-refractivity contribution is 0.374. The first-order chi connectivity index (χ1) is 6.34. The van der Waals surface area contributed by atoms with Gasteiger partial charge in [0.25, 0.3) is 0 Å². The summed E-state index contributed by atoms with van der Waals surface area (Å²) in [4.78, 5) is 0. The van der Waals surface area contributed by atoms with E-state index >= 15 is 0 Å². The molecule has 3 heteroatoms. The highest BCUT2D eigenvalue weighted by Gasteiger charge is 2.14. The van der Waals surface area contributed by atoms with Gasteiger partial charge in [0, 0.05) is 0 Å². The first kappa shape index (κ1) is 10.5. The molecule has 13 heavy (non-hydrogen) atoms. The SMILES string of the molecule is C=CCCO[P+](=S)c1ccccc1. The summed E-state index contributed by atoms with van der Waals surface area (Å²) < 4.78 is 5.48. The minimum absolute atomic E-state index is 0.674. The molecule has 1 aromatic carbocycles. The normalized spacial score (nSPS) is 10.9. The Morgan fingerprint density at radius 1 is 1.38 bits per heavy atom. The van der Waals surface area contributed by atoms with Gasteiger partial charge < -0.3 is 0 Å². The average Bonchev–Trinajstić information content (AvgIpc) is 2.19. The van der Waals surface area contributed by atoms with E-state index in [1.54, 1.807) is 0 Å². The lowest BCUT2D eigenvalue weighted by atomic mass is 10.4. The summed E-state index contributed by atoms with van der Waals surface area (Å²) in [6.07, 6.45) is 2.70. The molecule has 0 heterocycles. The zero-order chi connectivity index (χ0) is 9.52. The van der Waals surface area contributed by atoms with Crippen molar-refractivity contribution in [2.75, 3.05) is 6.61 Å². The predicted molar refractivity (Wildman–Crippen MR) is 61.1 cm³/mol. The Morgan fingerprint density at radius 3 is 2.69 bits per heavy atom. The number of hydrogen-bond donors (Lipinski definition) is 0. The lowest BCUT2D eigenvalue weighted by Gasteiger charge is -1.90. The number of rotatable bonds is 5.